The molecule has 2 aromatic rings. The number of hydrogen-bond acceptors (Lipinski definition) is 3. The van der Waals surface area contributed by atoms with Crippen LogP contribution in [0.15, 0.2) is 48.5 Å². The summed E-state index contributed by atoms with van der Waals surface area (Å²) in [5.74, 6) is 0.215. The lowest BCUT2D eigenvalue weighted by Gasteiger charge is -2.34. The van der Waals surface area contributed by atoms with E-state index < -0.39 is 0 Å². The fourth-order valence-corrected chi connectivity index (χ4v) is 3.69. The number of nitrogens with zero attached hydrogens (tertiary/aromatic N) is 1. The molecule has 3 amide bonds. The van der Waals surface area contributed by atoms with Gasteiger partial charge in [-0.1, -0.05) is 24.3 Å². The number of carbonyl (C=O) groups is 2. The van der Waals surface area contributed by atoms with Crippen LogP contribution in [-0.2, 0) is 4.79 Å². The summed E-state index contributed by atoms with van der Waals surface area (Å²) in [5, 5.41) is 8.97. The average Bonchev–Trinajstić information content (AvgIpc) is 3.57. The predicted octanol–water partition coefficient (Wildman–Crippen LogP) is 4.13. The average molecular weight is 393 g/mol. The SMILES string of the molecule is Cc1ccc(NC(=O)C2CC2)cc1NC(=O)NC1CCN(c2ccccc2)CC1. The van der Waals surface area contributed by atoms with E-state index in [1.165, 1.54) is 5.69 Å². The molecule has 1 aliphatic carbocycles. The lowest BCUT2D eigenvalue weighted by atomic mass is 10.0. The molecule has 0 unspecified atom stereocenters. The Morgan fingerprint density at radius 1 is 0.931 bits per heavy atom. The van der Waals surface area contributed by atoms with Gasteiger partial charge in [-0.15, -0.1) is 0 Å². The van der Waals surface area contributed by atoms with Gasteiger partial charge in [-0.25, -0.2) is 4.79 Å². The van der Waals surface area contributed by atoms with Gasteiger partial charge in [-0.05, 0) is 62.4 Å². The second kappa shape index (κ2) is 8.55. The van der Waals surface area contributed by atoms with Crippen molar-refractivity contribution in [1.29, 1.82) is 0 Å². The maximum atomic E-state index is 12.5. The third-order valence-electron chi connectivity index (χ3n) is 5.65. The molecular weight excluding hydrogens is 364 g/mol. The number of amides is 3. The van der Waals surface area contributed by atoms with Crippen LogP contribution in [-0.4, -0.2) is 31.1 Å². The summed E-state index contributed by atoms with van der Waals surface area (Å²) in [5.41, 5.74) is 3.64. The van der Waals surface area contributed by atoms with Gasteiger partial charge in [0, 0.05) is 42.1 Å². The third kappa shape index (κ3) is 5.08. The Bertz CT molecular complexity index is 872. The molecule has 0 spiro atoms. The van der Waals surface area contributed by atoms with Crippen LogP contribution >= 0.6 is 0 Å². The third-order valence-corrected chi connectivity index (χ3v) is 5.65. The molecule has 0 bridgehead atoms. The molecule has 152 valence electrons. The summed E-state index contributed by atoms with van der Waals surface area (Å²) in [6, 6.07) is 16.0. The van der Waals surface area contributed by atoms with Crippen LogP contribution in [0.2, 0.25) is 0 Å². The minimum absolute atomic E-state index is 0.0643. The number of benzene rings is 2. The quantitative estimate of drug-likeness (QED) is 0.716. The van der Waals surface area contributed by atoms with Crippen molar-refractivity contribution in [1.82, 2.24) is 5.32 Å². The van der Waals surface area contributed by atoms with Crippen LogP contribution in [0.3, 0.4) is 0 Å². The van der Waals surface area contributed by atoms with Gasteiger partial charge in [0.1, 0.15) is 0 Å². The molecule has 1 saturated carbocycles. The molecule has 1 heterocycles. The van der Waals surface area contributed by atoms with Gasteiger partial charge in [-0.2, -0.15) is 0 Å². The number of hydrogen-bond donors (Lipinski definition) is 3. The van der Waals surface area contributed by atoms with Gasteiger partial charge < -0.3 is 20.9 Å². The van der Waals surface area contributed by atoms with Crippen molar-refractivity contribution in [2.75, 3.05) is 28.6 Å². The second-order valence-electron chi connectivity index (χ2n) is 7.99. The zero-order chi connectivity index (χ0) is 20.2. The normalized spacial score (nSPS) is 16.9. The number of para-hydroxylation sites is 1. The van der Waals surface area contributed by atoms with E-state index in [1.807, 2.05) is 31.2 Å². The van der Waals surface area contributed by atoms with Crippen molar-refractivity contribution in [3.05, 3.63) is 54.1 Å². The van der Waals surface area contributed by atoms with E-state index in [1.54, 1.807) is 0 Å². The van der Waals surface area contributed by atoms with Gasteiger partial charge in [0.25, 0.3) is 0 Å². The van der Waals surface area contributed by atoms with Crippen LogP contribution < -0.4 is 20.9 Å². The molecule has 1 saturated heterocycles. The number of urea groups is 1. The molecule has 6 heteroatoms. The summed E-state index contributed by atoms with van der Waals surface area (Å²) in [6.45, 7) is 3.80. The summed E-state index contributed by atoms with van der Waals surface area (Å²) >= 11 is 0. The molecule has 4 rings (SSSR count). The van der Waals surface area contributed by atoms with Crippen LogP contribution in [0.1, 0.15) is 31.2 Å². The zero-order valence-electron chi connectivity index (χ0n) is 16.8. The minimum atomic E-state index is -0.197. The van der Waals surface area contributed by atoms with Crippen molar-refractivity contribution in [2.45, 2.75) is 38.6 Å². The Morgan fingerprint density at radius 3 is 2.34 bits per heavy atom. The first kappa shape index (κ1) is 19.3. The fourth-order valence-electron chi connectivity index (χ4n) is 3.69. The van der Waals surface area contributed by atoms with Crippen LogP contribution in [0.4, 0.5) is 21.9 Å². The Morgan fingerprint density at radius 2 is 1.66 bits per heavy atom. The van der Waals surface area contributed by atoms with E-state index in [4.69, 9.17) is 0 Å². The molecule has 0 aromatic heterocycles. The van der Waals surface area contributed by atoms with Gasteiger partial charge >= 0.3 is 6.03 Å². The highest BCUT2D eigenvalue weighted by Gasteiger charge is 2.29. The Kier molecular flexibility index (Phi) is 5.69. The molecule has 2 aliphatic rings. The monoisotopic (exact) mass is 392 g/mol. The lowest BCUT2D eigenvalue weighted by molar-refractivity contribution is -0.117. The fraction of sp³-hybridized carbons (Fsp3) is 0.391. The van der Waals surface area contributed by atoms with E-state index in [2.05, 4.69) is 45.1 Å². The molecular formula is C23H28N4O2. The molecule has 0 radical (unpaired) electrons. The van der Waals surface area contributed by atoms with Crippen molar-refractivity contribution in [3.8, 4) is 0 Å². The lowest BCUT2D eigenvalue weighted by Crippen LogP contribution is -2.46. The summed E-state index contributed by atoms with van der Waals surface area (Å²) in [6.07, 6.45) is 3.76. The highest BCUT2D eigenvalue weighted by atomic mass is 16.2. The van der Waals surface area contributed by atoms with Gasteiger partial charge in [-0.3, -0.25) is 4.79 Å². The van der Waals surface area contributed by atoms with Gasteiger partial charge in [0.2, 0.25) is 5.91 Å². The van der Waals surface area contributed by atoms with Crippen molar-refractivity contribution in [3.63, 3.8) is 0 Å². The minimum Gasteiger partial charge on any atom is -0.371 e. The summed E-state index contributed by atoms with van der Waals surface area (Å²) < 4.78 is 0. The highest BCUT2D eigenvalue weighted by molar-refractivity contribution is 5.96. The molecule has 29 heavy (non-hydrogen) atoms. The first-order valence-electron chi connectivity index (χ1n) is 10.4. The maximum Gasteiger partial charge on any atom is 0.319 e. The highest BCUT2D eigenvalue weighted by Crippen LogP contribution is 2.31. The largest absolute Gasteiger partial charge is 0.371 e. The van der Waals surface area contributed by atoms with Gasteiger partial charge in [0.05, 0.1) is 0 Å². The zero-order valence-corrected chi connectivity index (χ0v) is 16.8. The van der Waals surface area contributed by atoms with Crippen molar-refractivity contribution in [2.24, 2.45) is 5.92 Å². The molecule has 3 N–H and O–H groups in total. The van der Waals surface area contributed by atoms with Crippen molar-refractivity contribution >= 4 is 29.0 Å². The number of anilines is 3. The summed E-state index contributed by atoms with van der Waals surface area (Å²) in [4.78, 5) is 26.8. The van der Waals surface area contributed by atoms with Gasteiger partial charge in [0.15, 0.2) is 0 Å². The Balaban J connectivity index is 1.29. The molecule has 2 aromatic carbocycles. The first-order chi connectivity index (χ1) is 14.1. The van der Waals surface area contributed by atoms with Crippen LogP contribution in [0, 0.1) is 12.8 Å². The topological polar surface area (TPSA) is 73.5 Å². The van der Waals surface area contributed by atoms with Crippen molar-refractivity contribution < 1.29 is 9.59 Å². The standard InChI is InChI=1S/C23H28N4O2/c1-16-7-10-19(24-22(28)17-8-9-17)15-21(16)26-23(29)25-18-11-13-27(14-12-18)20-5-3-2-4-6-20/h2-7,10,15,17-18H,8-9,11-14H2,1H3,(H,24,28)(H2,25,26,29). The Labute approximate surface area is 171 Å². The van der Waals surface area contributed by atoms with E-state index in [-0.39, 0.29) is 23.9 Å². The molecule has 6 nitrogen and oxygen atoms in total. The molecule has 0 atom stereocenters. The number of rotatable bonds is 5. The number of aryl methyl sites for hydroxylation is 1. The van der Waals surface area contributed by atoms with Crippen LogP contribution in [0.5, 0.6) is 0 Å². The van der Waals surface area contributed by atoms with E-state index in [0.29, 0.717) is 0 Å². The van der Waals surface area contributed by atoms with E-state index in [9.17, 15) is 9.59 Å². The predicted molar refractivity (Wildman–Crippen MR) is 116 cm³/mol. The maximum absolute atomic E-state index is 12.5. The summed E-state index contributed by atoms with van der Waals surface area (Å²) in [7, 11) is 0. The Hall–Kier alpha value is -3.02. The first-order valence-corrected chi connectivity index (χ1v) is 10.4. The van der Waals surface area contributed by atoms with E-state index in [0.717, 1.165) is 55.7 Å². The molecule has 1 aliphatic heterocycles. The number of carbonyl (C=O) groups excluding carboxylic acids is 2. The van der Waals surface area contributed by atoms with Crippen LogP contribution in [0.25, 0.3) is 0 Å². The molecule has 2 fully saturated rings. The number of nitrogens with one attached hydrogen (secondary N) is 3. The number of piperidine rings is 1. The second-order valence-corrected chi connectivity index (χ2v) is 7.99. The smallest absolute Gasteiger partial charge is 0.319 e. The van der Waals surface area contributed by atoms with E-state index >= 15 is 0 Å².